The first kappa shape index (κ1) is 13.9. The lowest BCUT2D eigenvalue weighted by molar-refractivity contribution is 0.0696. The van der Waals surface area contributed by atoms with Crippen LogP contribution in [0.1, 0.15) is 29.3 Å². The molecule has 0 unspecified atom stereocenters. The van der Waals surface area contributed by atoms with Crippen LogP contribution in [0.2, 0.25) is 0 Å². The van der Waals surface area contributed by atoms with E-state index in [1.165, 1.54) is 18.3 Å². The van der Waals surface area contributed by atoms with E-state index in [9.17, 15) is 9.18 Å². The number of carboxylic acids is 1. The molecule has 4 nitrogen and oxygen atoms in total. The van der Waals surface area contributed by atoms with Gasteiger partial charge >= 0.3 is 5.97 Å². The predicted octanol–water partition coefficient (Wildman–Crippen LogP) is 2.30. The van der Waals surface area contributed by atoms with E-state index < -0.39 is 11.8 Å². The number of allylic oxidation sites excluding steroid dienone is 2. The molecule has 5 heteroatoms. The van der Waals surface area contributed by atoms with Crippen molar-refractivity contribution >= 4 is 17.8 Å². The first-order valence-electron chi connectivity index (χ1n) is 5.44. The molecular weight excluding hydrogens is 235 g/mol. The zero-order valence-corrected chi connectivity index (χ0v) is 10.3. The number of hydrogen-bond acceptors (Lipinski definition) is 3. The van der Waals surface area contributed by atoms with Crippen LogP contribution >= 0.6 is 0 Å². The third-order valence-corrected chi connectivity index (χ3v) is 2.44. The Balaban J connectivity index is 3.42. The minimum Gasteiger partial charge on any atom is -0.478 e. The summed E-state index contributed by atoms with van der Waals surface area (Å²) in [6.07, 6.45) is 2.07. The summed E-state index contributed by atoms with van der Waals surface area (Å²) in [4.78, 5) is 14.7. The van der Waals surface area contributed by atoms with Gasteiger partial charge in [0.05, 0.1) is 5.56 Å². The van der Waals surface area contributed by atoms with Crippen LogP contribution in [0, 0.1) is 5.82 Å². The summed E-state index contributed by atoms with van der Waals surface area (Å²) in [7, 11) is 1.57. The van der Waals surface area contributed by atoms with Crippen molar-refractivity contribution in [1.82, 2.24) is 0 Å². The number of nitrogens with zero attached hydrogens (tertiary/aromatic N) is 1. The van der Waals surface area contributed by atoms with E-state index in [1.807, 2.05) is 6.92 Å². The number of aromatic carboxylic acids is 1. The molecule has 0 heterocycles. The van der Waals surface area contributed by atoms with E-state index in [0.29, 0.717) is 23.3 Å². The fraction of sp³-hybridized carbons (Fsp3) is 0.231. The summed E-state index contributed by atoms with van der Waals surface area (Å²) in [5.41, 5.74) is 7.20. The summed E-state index contributed by atoms with van der Waals surface area (Å²) in [5, 5.41) is 8.89. The number of rotatable bonds is 4. The van der Waals surface area contributed by atoms with Crippen molar-refractivity contribution in [3.05, 3.63) is 40.8 Å². The molecular formula is C13H15FN2O2. The van der Waals surface area contributed by atoms with Crippen LogP contribution in [0.4, 0.5) is 4.39 Å². The lowest BCUT2D eigenvalue weighted by atomic mass is 10.0. The second-order valence-electron chi connectivity index (χ2n) is 3.71. The van der Waals surface area contributed by atoms with Crippen molar-refractivity contribution in [2.45, 2.75) is 13.3 Å². The smallest absolute Gasteiger partial charge is 0.335 e. The minimum absolute atomic E-state index is 0.115. The van der Waals surface area contributed by atoms with Gasteiger partial charge in [0.1, 0.15) is 5.82 Å². The molecule has 1 rings (SSSR count). The Bertz CT molecular complexity index is 522. The van der Waals surface area contributed by atoms with Crippen LogP contribution in [-0.2, 0) is 0 Å². The maximum absolute atomic E-state index is 13.4. The highest BCUT2D eigenvalue weighted by Gasteiger charge is 2.11. The van der Waals surface area contributed by atoms with Gasteiger partial charge in [0.15, 0.2) is 0 Å². The van der Waals surface area contributed by atoms with Crippen molar-refractivity contribution in [3.8, 4) is 0 Å². The van der Waals surface area contributed by atoms with Gasteiger partial charge < -0.3 is 10.8 Å². The van der Waals surface area contributed by atoms with E-state index in [-0.39, 0.29) is 5.56 Å². The molecule has 0 aliphatic rings. The minimum atomic E-state index is -1.18. The molecule has 0 aromatic heterocycles. The fourth-order valence-electron chi connectivity index (χ4n) is 1.53. The Morgan fingerprint density at radius 2 is 2.06 bits per heavy atom. The first-order valence-corrected chi connectivity index (χ1v) is 5.44. The third-order valence-electron chi connectivity index (χ3n) is 2.44. The average molecular weight is 250 g/mol. The zero-order valence-electron chi connectivity index (χ0n) is 10.3. The molecule has 0 fully saturated rings. The number of carboxylic acid groups (broad SMARTS) is 1. The highest BCUT2D eigenvalue weighted by molar-refractivity contribution is 6.11. The summed E-state index contributed by atoms with van der Waals surface area (Å²) < 4.78 is 13.4. The molecule has 1 aromatic carbocycles. The summed E-state index contributed by atoms with van der Waals surface area (Å²) in [6, 6.07) is 3.59. The maximum Gasteiger partial charge on any atom is 0.335 e. The molecule has 0 spiro atoms. The summed E-state index contributed by atoms with van der Waals surface area (Å²) in [5.74, 6) is -1.80. The highest BCUT2D eigenvalue weighted by Crippen LogP contribution is 2.19. The van der Waals surface area contributed by atoms with Crippen molar-refractivity contribution in [2.75, 3.05) is 7.05 Å². The van der Waals surface area contributed by atoms with E-state index in [0.717, 1.165) is 6.07 Å². The number of benzene rings is 1. The molecule has 0 aliphatic carbocycles. The molecule has 0 atom stereocenters. The lowest BCUT2D eigenvalue weighted by Crippen LogP contribution is -2.05. The third kappa shape index (κ3) is 3.16. The molecule has 1 aromatic rings. The quantitative estimate of drug-likeness (QED) is 0.805. The second kappa shape index (κ2) is 5.95. The Hall–Kier alpha value is -2.17. The van der Waals surface area contributed by atoms with E-state index >= 15 is 0 Å². The van der Waals surface area contributed by atoms with E-state index in [1.54, 1.807) is 7.05 Å². The van der Waals surface area contributed by atoms with Gasteiger partial charge in [0.25, 0.3) is 0 Å². The van der Waals surface area contributed by atoms with Crippen LogP contribution in [0.5, 0.6) is 0 Å². The lowest BCUT2D eigenvalue weighted by Gasteiger charge is -2.08. The largest absolute Gasteiger partial charge is 0.478 e. The van der Waals surface area contributed by atoms with Crippen molar-refractivity contribution in [3.63, 3.8) is 0 Å². The number of hydrogen-bond donors (Lipinski definition) is 2. The van der Waals surface area contributed by atoms with Gasteiger partial charge in [-0.1, -0.05) is 6.92 Å². The Morgan fingerprint density at radius 1 is 1.44 bits per heavy atom. The summed E-state index contributed by atoms with van der Waals surface area (Å²) in [6.45, 7) is 1.86. The second-order valence-corrected chi connectivity index (χ2v) is 3.71. The maximum atomic E-state index is 13.4. The van der Waals surface area contributed by atoms with Gasteiger partial charge in [0.2, 0.25) is 0 Å². The standard InChI is InChI=1S/C13H15FN2O2/c1-3-12(15)11(7-16-2)8-4-9(13(17)18)6-10(14)5-8/h4-7H,3,15H2,1-2H3,(H,17,18). The molecule has 0 saturated carbocycles. The Labute approximate surface area is 105 Å². The molecule has 96 valence electrons. The van der Waals surface area contributed by atoms with Gasteiger partial charge in [-0.25, -0.2) is 9.18 Å². The van der Waals surface area contributed by atoms with Gasteiger partial charge in [0, 0.05) is 24.5 Å². The predicted molar refractivity (Wildman–Crippen MR) is 69.2 cm³/mol. The van der Waals surface area contributed by atoms with Crippen LogP contribution in [0.15, 0.2) is 28.9 Å². The molecule has 0 aliphatic heterocycles. The molecule has 0 saturated heterocycles. The summed E-state index contributed by atoms with van der Waals surface area (Å²) >= 11 is 0. The van der Waals surface area contributed by atoms with Gasteiger partial charge in [-0.3, -0.25) is 4.99 Å². The topological polar surface area (TPSA) is 75.7 Å². The van der Waals surface area contributed by atoms with Crippen molar-refractivity contribution in [2.24, 2.45) is 10.7 Å². The zero-order chi connectivity index (χ0) is 13.7. The number of aliphatic imine (C=N–C) groups is 1. The SMILES string of the molecule is CCC(N)=C(C=NC)c1cc(F)cc(C(=O)O)c1. The number of halogens is 1. The first-order chi connectivity index (χ1) is 8.49. The molecule has 0 bridgehead atoms. The van der Waals surface area contributed by atoms with Gasteiger partial charge in [-0.05, 0) is 30.2 Å². The Kier molecular flexibility index (Phi) is 4.59. The monoisotopic (exact) mass is 250 g/mol. The molecule has 3 N–H and O–H groups in total. The van der Waals surface area contributed by atoms with Gasteiger partial charge in [-0.15, -0.1) is 0 Å². The number of carbonyl (C=O) groups is 1. The average Bonchev–Trinajstić information content (AvgIpc) is 2.34. The van der Waals surface area contributed by atoms with Gasteiger partial charge in [-0.2, -0.15) is 0 Å². The highest BCUT2D eigenvalue weighted by atomic mass is 19.1. The molecule has 0 amide bonds. The van der Waals surface area contributed by atoms with Crippen LogP contribution < -0.4 is 5.73 Å². The number of nitrogens with two attached hydrogens (primary N) is 1. The van der Waals surface area contributed by atoms with E-state index in [4.69, 9.17) is 10.8 Å². The Morgan fingerprint density at radius 3 is 2.56 bits per heavy atom. The van der Waals surface area contributed by atoms with Crippen LogP contribution in [-0.4, -0.2) is 24.3 Å². The van der Waals surface area contributed by atoms with Crippen LogP contribution in [0.25, 0.3) is 5.57 Å². The molecule has 18 heavy (non-hydrogen) atoms. The van der Waals surface area contributed by atoms with Crippen molar-refractivity contribution in [1.29, 1.82) is 0 Å². The van der Waals surface area contributed by atoms with Crippen molar-refractivity contribution < 1.29 is 14.3 Å². The normalized spacial score (nSPS) is 12.6. The van der Waals surface area contributed by atoms with Crippen LogP contribution in [0.3, 0.4) is 0 Å². The fourth-order valence-corrected chi connectivity index (χ4v) is 1.53. The molecule has 0 radical (unpaired) electrons. The van der Waals surface area contributed by atoms with E-state index in [2.05, 4.69) is 4.99 Å².